The first-order valence-electron chi connectivity index (χ1n) is 4.01. The van der Waals surface area contributed by atoms with E-state index in [0.29, 0.717) is 11.1 Å². The SMILES string of the molecule is COC(=O)c1cccc([C@H](C)O)c1. The Balaban J connectivity index is 2.98. The fraction of sp³-hybridized carbons (Fsp3) is 0.300. The Morgan fingerprint density at radius 2 is 2.23 bits per heavy atom. The van der Waals surface area contributed by atoms with E-state index in [1.165, 1.54) is 7.11 Å². The molecule has 0 aromatic heterocycles. The lowest BCUT2D eigenvalue weighted by molar-refractivity contribution is 0.0600. The van der Waals surface area contributed by atoms with E-state index in [-0.39, 0.29) is 5.97 Å². The molecular weight excluding hydrogens is 168 g/mol. The lowest BCUT2D eigenvalue weighted by atomic mass is 10.1. The summed E-state index contributed by atoms with van der Waals surface area (Å²) in [6.45, 7) is 1.65. The third kappa shape index (κ3) is 2.29. The molecule has 0 aliphatic heterocycles. The molecule has 1 aromatic rings. The van der Waals surface area contributed by atoms with Gasteiger partial charge in [-0.3, -0.25) is 0 Å². The molecule has 0 radical (unpaired) electrons. The number of ether oxygens (including phenoxy) is 1. The van der Waals surface area contributed by atoms with Crippen LogP contribution in [0.2, 0.25) is 0 Å². The van der Waals surface area contributed by atoms with Crippen molar-refractivity contribution in [1.29, 1.82) is 0 Å². The van der Waals surface area contributed by atoms with Gasteiger partial charge in [-0.2, -0.15) is 0 Å². The third-order valence-corrected chi connectivity index (χ3v) is 1.79. The molecule has 70 valence electrons. The molecular formula is C10H12O3. The number of hydrogen-bond acceptors (Lipinski definition) is 3. The summed E-state index contributed by atoms with van der Waals surface area (Å²) in [6, 6.07) is 6.75. The van der Waals surface area contributed by atoms with Gasteiger partial charge in [0, 0.05) is 0 Å². The van der Waals surface area contributed by atoms with Gasteiger partial charge >= 0.3 is 5.97 Å². The number of rotatable bonds is 2. The van der Waals surface area contributed by atoms with Gasteiger partial charge in [0.15, 0.2) is 0 Å². The fourth-order valence-electron chi connectivity index (χ4n) is 1.04. The van der Waals surface area contributed by atoms with Gasteiger partial charge in [-0.25, -0.2) is 4.79 Å². The van der Waals surface area contributed by atoms with Crippen LogP contribution in [0.5, 0.6) is 0 Å². The van der Waals surface area contributed by atoms with Gasteiger partial charge in [0.1, 0.15) is 0 Å². The Kier molecular flexibility index (Phi) is 3.03. The van der Waals surface area contributed by atoms with Crippen LogP contribution in [0.25, 0.3) is 0 Å². The van der Waals surface area contributed by atoms with Crippen LogP contribution < -0.4 is 0 Å². The molecule has 1 rings (SSSR count). The molecule has 1 N–H and O–H groups in total. The lowest BCUT2D eigenvalue weighted by Gasteiger charge is -2.05. The van der Waals surface area contributed by atoms with Crippen LogP contribution in [0.1, 0.15) is 28.9 Å². The Bertz CT molecular complexity index is 305. The highest BCUT2D eigenvalue weighted by molar-refractivity contribution is 5.89. The lowest BCUT2D eigenvalue weighted by Crippen LogP contribution is -2.02. The Morgan fingerprint density at radius 1 is 1.54 bits per heavy atom. The zero-order chi connectivity index (χ0) is 9.84. The maximum atomic E-state index is 11.1. The predicted octanol–water partition coefficient (Wildman–Crippen LogP) is 1.53. The smallest absolute Gasteiger partial charge is 0.337 e. The number of hydrogen-bond donors (Lipinski definition) is 1. The fourth-order valence-corrected chi connectivity index (χ4v) is 1.04. The first kappa shape index (κ1) is 9.74. The summed E-state index contributed by atoms with van der Waals surface area (Å²) in [6.07, 6.45) is -0.565. The molecule has 0 heterocycles. The summed E-state index contributed by atoms with van der Waals surface area (Å²) in [5, 5.41) is 9.25. The highest BCUT2D eigenvalue weighted by Crippen LogP contribution is 2.13. The zero-order valence-corrected chi connectivity index (χ0v) is 7.65. The number of benzene rings is 1. The van der Waals surface area contributed by atoms with Crippen LogP contribution in [0.4, 0.5) is 0 Å². The second kappa shape index (κ2) is 4.05. The van der Waals surface area contributed by atoms with Crippen LogP contribution in [0, 0.1) is 0 Å². The van der Waals surface area contributed by atoms with Crippen LogP contribution in [0.15, 0.2) is 24.3 Å². The van der Waals surface area contributed by atoms with Gasteiger partial charge in [-0.15, -0.1) is 0 Å². The molecule has 0 unspecified atom stereocenters. The maximum Gasteiger partial charge on any atom is 0.337 e. The molecule has 0 saturated carbocycles. The molecule has 0 amide bonds. The molecule has 0 spiro atoms. The van der Waals surface area contributed by atoms with E-state index in [2.05, 4.69) is 4.74 Å². The van der Waals surface area contributed by atoms with E-state index in [1.54, 1.807) is 31.2 Å². The van der Waals surface area contributed by atoms with Crippen molar-refractivity contribution >= 4 is 5.97 Å². The minimum atomic E-state index is -0.565. The number of methoxy groups -OCH3 is 1. The van der Waals surface area contributed by atoms with Crippen molar-refractivity contribution in [3.05, 3.63) is 35.4 Å². The number of carbonyl (C=O) groups is 1. The molecule has 13 heavy (non-hydrogen) atoms. The highest BCUT2D eigenvalue weighted by atomic mass is 16.5. The normalized spacial score (nSPS) is 12.2. The largest absolute Gasteiger partial charge is 0.465 e. The van der Waals surface area contributed by atoms with Crippen molar-refractivity contribution in [2.45, 2.75) is 13.0 Å². The summed E-state index contributed by atoms with van der Waals surface area (Å²) >= 11 is 0. The molecule has 0 bridgehead atoms. The Labute approximate surface area is 77.0 Å². The number of aliphatic hydroxyl groups is 1. The van der Waals surface area contributed by atoms with Gasteiger partial charge in [-0.1, -0.05) is 12.1 Å². The van der Waals surface area contributed by atoms with E-state index in [9.17, 15) is 9.90 Å². The molecule has 0 aliphatic rings. The van der Waals surface area contributed by atoms with Crippen LogP contribution in [-0.4, -0.2) is 18.2 Å². The number of carbonyl (C=O) groups excluding carboxylic acids is 1. The van der Waals surface area contributed by atoms with E-state index in [0.717, 1.165) is 0 Å². The van der Waals surface area contributed by atoms with Crippen molar-refractivity contribution in [3.63, 3.8) is 0 Å². The van der Waals surface area contributed by atoms with Crippen molar-refractivity contribution in [3.8, 4) is 0 Å². The Morgan fingerprint density at radius 3 is 2.77 bits per heavy atom. The minimum absolute atomic E-state index is 0.387. The number of aliphatic hydroxyl groups excluding tert-OH is 1. The van der Waals surface area contributed by atoms with E-state index in [1.807, 2.05) is 0 Å². The molecule has 0 fully saturated rings. The van der Waals surface area contributed by atoms with E-state index < -0.39 is 6.10 Å². The van der Waals surface area contributed by atoms with Crippen molar-refractivity contribution < 1.29 is 14.6 Å². The summed E-state index contributed by atoms with van der Waals surface area (Å²) in [5.41, 5.74) is 1.17. The summed E-state index contributed by atoms with van der Waals surface area (Å²) in [7, 11) is 1.33. The molecule has 3 nitrogen and oxygen atoms in total. The first-order chi connectivity index (χ1) is 6.15. The van der Waals surface area contributed by atoms with Gasteiger partial charge in [-0.05, 0) is 24.6 Å². The highest BCUT2D eigenvalue weighted by Gasteiger charge is 2.07. The predicted molar refractivity (Wildman–Crippen MR) is 48.4 cm³/mol. The Hall–Kier alpha value is -1.35. The summed E-state index contributed by atoms with van der Waals surface area (Å²) < 4.78 is 4.55. The number of esters is 1. The average molecular weight is 180 g/mol. The maximum absolute atomic E-state index is 11.1. The molecule has 3 heteroatoms. The standard InChI is InChI=1S/C10H12O3/c1-7(11)8-4-3-5-9(6-8)10(12)13-2/h3-7,11H,1-2H3/t7-/m0/s1. The van der Waals surface area contributed by atoms with Gasteiger partial charge in [0.25, 0.3) is 0 Å². The molecule has 1 aromatic carbocycles. The van der Waals surface area contributed by atoms with Crippen molar-refractivity contribution in [2.75, 3.05) is 7.11 Å². The molecule has 0 aliphatic carbocycles. The van der Waals surface area contributed by atoms with Crippen LogP contribution in [0.3, 0.4) is 0 Å². The topological polar surface area (TPSA) is 46.5 Å². The van der Waals surface area contributed by atoms with Crippen LogP contribution >= 0.6 is 0 Å². The first-order valence-corrected chi connectivity index (χ1v) is 4.01. The van der Waals surface area contributed by atoms with Gasteiger partial charge < -0.3 is 9.84 Å². The van der Waals surface area contributed by atoms with Gasteiger partial charge in [0.2, 0.25) is 0 Å². The van der Waals surface area contributed by atoms with E-state index >= 15 is 0 Å². The monoisotopic (exact) mass is 180 g/mol. The third-order valence-electron chi connectivity index (χ3n) is 1.79. The van der Waals surface area contributed by atoms with Gasteiger partial charge in [0.05, 0.1) is 18.8 Å². The van der Waals surface area contributed by atoms with Crippen molar-refractivity contribution in [2.24, 2.45) is 0 Å². The average Bonchev–Trinajstić information content (AvgIpc) is 2.17. The van der Waals surface area contributed by atoms with E-state index in [4.69, 9.17) is 0 Å². The summed E-state index contributed by atoms with van der Waals surface area (Å²) in [5.74, 6) is -0.387. The summed E-state index contributed by atoms with van der Waals surface area (Å²) in [4.78, 5) is 11.1. The zero-order valence-electron chi connectivity index (χ0n) is 7.65. The van der Waals surface area contributed by atoms with Crippen LogP contribution in [-0.2, 0) is 4.74 Å². The second-order valence-electron chi connectivity index (χ2n) is 2.79. The van der Waals surface area contributed by atoms with Crippen molar-refractivity contribution in [1.82, 2.24) is 0 Å². The minimum Gasteiger partial charge on any atom is -0.465 e. The second-order valence-corrected chi connectivity index (χ2v) is 2.79. The molecule has 0 saturated heterocycles. The molecule has 1 atom stereocenters. The quantitative estimate of drug-likeness (QED) is 0.702.